The Bertz CT molecular complexity index is 917. The monoisotopic (exact) mass is 332 g/mol. The van der Waals surface area contributed by atoms with Crippen LogP contribution in [0.4, 0.5) is 5.69 Å². The summed E-state index contributed by atoms with van der Waals surface area (Å²) in [6, 6.07) is 22.6. The molecule has 4 heteroatoms. The standard InChI is InChI=1S/C21H20N2O2/c1-22-21(24)20-14-23(18-11-4-5-12-19(18)25-20)13-16-9-6-8-15-7-2-3-10-17(15)16/h2-12,20H,13-14H2,1H3,(H,22,24). The zero-order valence-electron chi connectivity index (χ0n) is 14.1. The average molecular weight is 332 g/mol. The molecule has 0 bridgehead atoms. The summed E-state index contributed by atoms with van der Waals surface area (Å²) >= 11 is 0. The van der Waals surface area contributed by atoms with E-state index in [4.69, 9.17) is 4.74 Å². The van der Waals surface area contributed by atoms with Crippen LogP contribution in [-0.4, -0.2) is 25.6 Å². The predicted molar refractivity (Wildman–Crippen MR) is 99.9 cm³/mol. The fourth-order valence-corrected chi connectivity index (χ4v) is 3.39. The molecule has 1 aliphatic heterocycles. The number of ether oxygens (including phenoxy) is 1. The number of nitrogens with one attached hydrogen (secondary N) is 1. The van der Waals surface area contributed by atoms with Crippen LogP contribution in [0.5, 0.6) is 5.75 Å². The van der Waals surface area contributed by atoms with Gasteiger partial charge in [-0.3, -0.25) is 4.79 Å². The summed E-state index contributed by atoms with van der Waals surface area (Å²) in [6.07, 6.45) is -0.505. The lowest BCUT2D eigenvalue weighted by atomic mass is 10.0. The summed E-state index contributed by atoms with van der Waals surface area (Å²) in [7, 11) is 1.64. The number of likely N-dealkylation sites (N-methyl/N-ethyl adjacent to an activating group) is 1. The molecule has 3 aromatic rings. The van der Waals surface area contributed by atoms with Crippen molar-refractivity contribution in [3.63, 3.8) is 0 Å². The molecule has 0 saturated carbocycles. The summed E-state index contributed by atoms with van der Waals surface area (Å²) in [5.74, 6) is 0.653. The van der Waals surface area contributed by atoms with Gasteiger partial charge < -0.3 is 15.0 Å². The minimum atomic E-state index is -0.505. The topological polar surface area (TPSA) is 41.6 Å². The van der Waals surface area contributed by atoms with Gasteiger partial charge in [0.15, 0.2) is 6.10 Å². The molecule has 0 spiro atoms. The second-order valence-electron chi connectivity index (χ2n) is 6.21. The van der Waals surface area contributed by atoms with Gasteiger partial charge in [0.05, 0.1) is 12.2 Å². The lowest BCUT2D eigenvalue weighted by molar-refractivity contribution is -0.127. The number of carbonyl (C=O) groups is 1. The van der Waals surface area contributed by atoms with E-state index in [0.29, 0.717) is 6.54 Å². The quantitative estimate of drug-likeness (QED) is 0.800. The summed E-state index contributed by atoms with van der Waals surface area (Å²) in [5, 5.41) is 5.16. The van der Waals surface area contributed by atoms with Crippen LogP contribution in [0.25, 0.3) is 10.8 Å². The minimum absolute atomic E-state index is 0.0996. The first-order valence-electron chi connectivity index (χ1n) is 8.45. The SMILES string of the molecule is CNC(=O)C1CN(Cc2cccc3ccccc23)c2ccccc2O1. The zero-order valence-corrected chi connectivity index (χ0v) is 14.1. The molecule has 3 aromatic carbocycles. The number of hydrogen-bond donors (Lipinski definition) is 1. The molecule has 1 atom stereocenters. The summed E-state index contributed by atoms with van der Waals surface area (Å²) in [5.41, 5.74) is 2.26. The molecule has 4 nitrogen and oxygen atoms in total. The fraction of sp³-hybridized carbons (Fsp3) is 0.190. The predicted octanol–water partition coefficient (Wildman–Crippen LogP) is 3.35. The van der Waals surface area contributed by atoms with Gasteiger partial charge in [-0.1, -0.05) is 54.6 Å². The molecule has 1 amide bonds. The van der Waals surface area contributed by atoms with Crippen LogP contribution in [0.15, 0.2) is 66.7 Å². The Kier molecular flexibility index (Phi) is 4.02. The number of amides is 1. The summed E-state index contributed by atoms with van der Waals surface area (Å²) in [6.45, 7) is 1.26. The third kappa shape index (κ3) is 2.91. The molecule has 0 aromatic heterocycles. The first-order chi connectivity index (χ1) is 12.3. The Balaban J connectivity index is 1.72. The van der Waals surface area contributed by atoms with Crippen molar-refractivity contribution >= 4 is 22.4 Å². The molecule has 0 saturated heterocycles. The Morgan fingerprint density at radius 2 is 1.84 bits per heavy atom. The van der Waals surface area contributed by atoms with Gasteiger partial charge >= 0.3 is 0 Å². The van der Waals surface area contributed by atoms with E-state index in [9.17, 15) is 4.79 Å². The molecular formula is C21H20N2O2. The maximum absolute atomic E-state index is 12.1. The average Bonchev–Trinajstić information content (AvgIpc) is 2.67. The first kappa shape index (κ1) is 15.5. The van der Waals surface area contributed by atoms with Crippen molar-refractivity contribution in [1.82, 2.24) is 5.32 Å². The van der Waals surface area contributed by atoms with Crippen molar-refractivity contribution in [2.24, 2.45) is 0 Å². The fourth-order valence-electron chi connectivity index (χ4n) is 3.39. The van der Waals surface area contributed by atoms with Gasteiger partial charge in [0.2, 0.25) is 0 Å². The molecule has 4 rings (SSSR count). The van der Waals surface area contributed by atoms with Crippen LogP contribution in [-0.2, 0) is 11.3 Å². The van der Waals surface area contributed by atoms with Crippen LogP contribution in [0.3, 0.4) is 0 Å². The number of nitrogens with zero attached hydrogens (tertiary/aromatic N) is 1. The molecular weight excluding hydrogens is 312 g/mol. The van der Waals surface area contributed by atoms with Crippen molar-refractivity contribution < 1.29 is 9.53 Å². The smallest absolute Gasteiger partial charge is 0.262 e. The number of hydrogen-bond acceptors (Lipinski definition) is 3. The number of fused-ring (bicyclic) bond motifs is 2. The molecule has 126 valence electrons. The number of para-hydroxylation sites is 2. The van der Waals surface area contributed by atoms with Crippen LogP contribution in [0.1, 0.15) is 5.56 Å². The van der Waals surface area contributed by atoms with Crippen LogP contribution < -0.4 is 15.0 Å². The zero-order chi connectivity index (χ0) is 17.2. The highest BCUT2D eigenvalue weighted by Crippen LogP contribution is 2.34. The Morgan fingerprint density at radius 3 is 2.72 bits per heavy atom. The van der Waals surface area contributed by atoms with Gasteiger partial charge in [-0.25, -0.2) is 0 Å². The van der Waals surface area contributed by atoms with Gasteiger partial charge in [0.25, 0.3) is 5.91 Å². The second-order valence-corrected chi connectivity index (χ2v) is 6.21. The number of benzene rings is 3. The largest absolute Gasteiger partial charge is 0.477 e. The van der Waals surface area contributed by atoms with Gasteiger partial charge in [-0.05, 0) is 28.5 Å². The van der Waals surface area contributed by atoms with Gasteiger partial charge in [-0.15, -0.1) is 0 Å². The molecule has 1 unspecified atom stereocenters. The van der Waals surface area contributed by atoms with Crippen LogP contribution in [0.2, 0.25) is 0 Å². The van der Waals surface area contributed by atoms with Crippen molar-refractivity contribution in [3.05, 3.63) is 72.3 Å². The van der Waals surface area contributed by atoms with E-state index in [1.807, 2.05) is 24.3 Å². The number of carbonyl (C=O) groups excluding carboxylic acids is 1. The summed E-state index contributed by atoms with van der Waals surface area (Å²) in [4.78, 5) is 14.3. The van der Waals surface area contributed by atoms with Crippen LogP contribution >= 0.6 is 0 Å². The highest BCUT2D eigenvalue weighted by atomic mass is 16.5. The Hall–Kier alpha value is -3.01. The highest BCUT2D eigenvalue weighted by molar-refractivity contribution is 5.86. The molecule has 1 N–H and O–H groups in total. The first-order valence-corrected chi connectivity index (χ1v) is 8.45. The molecule has 1 aliphatic rings. The molecule has 0 radical (unpaired) electrons. The summed E-state index contributed by atoms with van der Waals surface area (Å²) < 4.78 is 5.89. The number of anilines is 1. The van der Waals surface area contributed by atoms with E-state index in [-0.39, 0.29) is 5.91 Å². The maximum atomic E-state index is 12.1. The van der Waals surface area contributed by atoms with E-state index in [2.05, 4.69) is 52.7 Å². The van der Waals surface area contributed by atoms with Gasteiger partial charge in [0.1, 0.15) is 5.75 Å². The van der Waals surface area contributed by atoms with E-state index >= 15 is 0 Å². The van der Waals surface area contributed by atoms with E-state index in [1.165, 1.54) is 16.3 Å². The van der Waals surface area contributed by atoms with Crippen molar-refractivity contribution in [2.45, 2.75) is 12.6 Å². The Morgan fingerprint density at radius 1 is 1.08 bits per heavy atom. The highest BCUT2D eigenvalue weighted by Gasteiger charge is 2.30. The lowest BCUT2D eigenvalue weighted by Crippen LogP contribution is -2.47. The van der Waals surface area contributed by atoms with Crippen molar-refractivity contribution in [3.8, 4) is 5.75 Å². The molecule has 1 heterocycles. The Labute approximate surface area is 147 Å². The molecule has 25 heavy (non-hydrogen) atoms. The van der Waals surface area contributed by atoms with Crippen molar-refractivity contribution in [1.29, 1.82) is 0 Å². The second kappa shape index (κ2) is 6.48. The van der Waals surface area contributed by atoms with Crippen molar-refractivity contribution in [2.75, 3.05) is 18.5 Å². The van der Waals surface area contributed by atoms with Gasteiger partial charge in [-0.2, -0.15) is 0 Å². The normalized spacial score (nSPS) is 16.2. The van der Waals surface area contributed by atoms with Crippen LogP contribution in [0, 0.1) is 0 Å². The number of rotatable bonds is 3. The lowest BCUT2D eigenvalue weighted by Gasteiger charge is -2.35. The minimum Gasteiger partial charge on any atom is -0.477 e. The maximum Gasteiger partial charge on any atom is 0.262 e. The van der Waals surface area contributed by atoms with E-state index < -0.39 is 6.10 Å². The van der Waals surface area contributed by atoms with E-state index in [1.54, 1.807) is 7.05 Å². The van der Waals surface area contributed by atoms with Gasteiger partial charge in [0, 0.05) is 13.6 Å². The molecule has 0 fully saturated rings. The molecule has 0 aliphatic carbocycles. The third-order valence-corrected chi connectivity index (χ3v) is 4.64. The van der Waals surface area contributed by atoms with E-state index in [0.717, 1.165) is 18.0 Å². The third-order valence-electron chi connectivity index (χ3n) is 4.64.